The van der Waals surface area contributed by atoms with Crippen LogP contribution in [-0.4, -0.2) is 12.5 Å². The van der Waals surface area contributed by atoms with Gasteiger partial charge in [-0.1, -0.05) is 0 Å². The smallest absolute Gasteiger partial charge is 0.263 e. The molecule has 5 heteroatoms. The van der Waals surface area contributed by atoms with Crippen LogP contribution in [0.3, 0.4) is 0 Å². The number of fused-ring (bicyclic) bond motifs is 1. The molecule has 0 saturated carbocycles. The number of benzene rings is 1. The lowest BCUT2D eigenvalue weighted by atomic mass is 10.2. The Hall–Kier alpha value is -2.06. The summed E-state index contributed by atoms with van der Waals surface area (Å²) in [4.78, 5) is 12.4. The minimum absolute atomic E-state index is 0.240. The van der Waals surface area contributed by atoms with Crippen molar-refractivity contribution in [3.05, 3.63) is 28.9 Å². The van der Waals surface area contributed by atoms with E-state index in [1.807, 2.05) is 0 Å². The number of halogens is 1. The van der Waals surface area contributed by atoms with Gasteiger partial charge in [0.05, 0.1) is 5.69 Å². The van der Waals surface area contributed by atoms with Crippen LogP contribution in [0.2, 0.25) is 0 Å². The first-order valence-electron chi connectivity index (χ1n) is 5.82. The molecule has 19 heavy (non-hydrogen) atoms. The molecule has 0 aliphatic rings. The monoisotopic (exact) mass is 276 g/mol. The standard InChI is InChI=1S/C14H13FN2OS/c1-2-3-4-7-17-14(18)13-12(16)10-8-9(15)5-6-11(10)19-13/h1,5-6,8H,3-4,7,16H2,(H,17,18). The first-order valence-corrected chi connectivity index (χ1v) is 6.64. The van der Waals surface area contributed by atoms with Crippen molar-refractivity contribution < 1.29 is 9.18 Å². The van der Waals surface area contributed by atoms with Crippen LogP contribution in [0.15, 0.2) is 18.2 Å². The summed E-state index contributed by atoms with van der Waals surface area (Å²) in [6, 6.07) is 4.32. The lowest BCUT2D eigenvalue weighted by Crippen LogP contribution is -2.24. The summed E-state index contributed by atoms with van der Waals surface area (Å²) in [6.45, 7) is 0.505. The first-order chi connectivity index (χ1) is 9.13. The number of nitrogens with one attached hydrogen (secondary N) is 1. The van der Waals surface area contributed by atoms with Gasteiger partial charge >= 0.3 is 0 Å². The highest BCUT2D eigenvalue weighted by Gasteiger charge is 2.16. The summed E-state index contributed by atoms with van der Waals surface area (Å²) in [7, 11) is 0. The molecule has 0 spiro atoms. The lowest BCUT2D eigenvalue weighted by Gasteiger charge is -2.02. The predicted octanol–water partition coefficient (Wildman–Crippen LogP) is 2.77. The molecule has 3 nitrogen and oxygen atoms in total. The number of hydrogen-bond donors (Lipinski definition) is 2. The summed E-state index contributed by atoms with van der Waals surface area (Å²) >= 11 is 1.26. The summed E-state index contributed by atoms with van der Waals surface area (Å²) < 4.78 is 13.9. The molecule has 1 heterocycles. The fourth-order valence-corrected chi connectivity index (χ4v) is 2.75. The van der Waals surface area contributed by atoms with E-state index in [9.17, 15) is 9.18 Å². The second-order valence-electron chi connectivity index (χ2n) is 4.05. The molecule has 0 aliphatic heterocycles. The molecule has 0 atom stereocenters. The molecule has 2 aromatic rings. The number of carbonyl (C=O) groups is 1. The van der Waals surface area contributed by atoms with E-state index < -0.39 is 0 Å². The minimum Gasteiger partial charge on any atom is -0.397 e. The van der Waals surface area contributed by atoms with Crippen LogP contribution >= 0.6 is 11.3 Å². The Morgan fingerprint density at radius 1 is 1.53 bits per heavy atom. The third-order valence-corrected chi connectivity index (χ3v) is 3.86. The van der Waals surface area contributed by atoms with Crippen LogP contribution < -0.4 is 11.1 Å². The SMILES string of the molecule is C#CCCCNC(=O)c1sc2ccc(F)cc2c1N. The van der Waals surface area contributed by atoms with Gasteiger partial charge in [0, 0.05) is 23.1 Å². The largest absolute Gasteiger partial charge is 0.397 e. The van der Waals surface area contributed by atoms with Crippen LogP contribution in [-0.2, 0) is 0 Å². The molecule has 1 aromatic carbocycles. The number of hydrogen-bond acceptors (Lipinski definition) is 3. The highest BCUT2D eigenvalue weighted by molar-refractivity contribution is 7.21. The fraction of sp³-hybridized carbons (Fsp3) is 0.214. The van der Waals surface area contributed by atoms with E-state index in [4.69, 9.17) is 12.2 Å². The number of nitrogens with two attached hydrogens (primary N) is 1. The number of terminal acetylenes is 1. The maximum Gasteiger partial charge on any atom is 0.263 e. The second-order valence-corrected chi connectivity index (χ2v) is 5.10. The molecule has 3 N–H and O–H groups in total. The molecule has 0 radical (unpaired) electrons. The Balaban J connectivity index is 2.18. The maximum absolute atomic E-state index is 13.1. The van der Waals surface area contributed by atoms with Gasteiger partial charge in [0.2, 0.25) is 0 Å². The van der Waals surface area contributed by atoms with Gasteiger partial charge in [-0.3, -0.25) is 4.79 Å². The molecule has 0 saturated heterocycles. The minimum atomic E-state index is -0.363. The van der Waals surface area contributed by atoms with Crippen molar-refractivity contribution in [2.75, 3.05) is 12.3 Å². The van der Waals surface area contributed by atoms with Crippen molar-refractivity contribution in [1.29, 1.82) is 0 Å². The zero-order valence-electron chi connectivity index (χ0n) is 10.2. The van der Waals surface area contributed by atoms with E-state index in [0.29, 0.717) is 28.9 Å². The quantitative estimate of drug-likeness (QED) is 0.666. The number of thiophene rings is 1. The van der Waals surface area contributed by atoms with Crippen LogP contribution in [0.1, 0.15) is 22.5 Å². The number of amides is 1. The molecule has 98 valence electrons. The van der Waals surface area contributed by atoms with E-state index >= 15 is 0 Å². The Morgan fingerprint density at radius 3 is 3.05 bits per heavy atom. The topological polar surface area (TPSA) is 55.1 Å². The summed E-state index contributed by atoms with van der Waals surface area (Å²) in [5.74, 6) is 1.90. The van der Waals surface area contributed by atoms with Gasteiger partial charge in [-0.25, -0.2) is 4.39 Å². The van der Waals surface area contributed by atoms with Gasteiger partial charge in [-0.2, -0.15) is 0 Å². The molecular weight excluding hydrogens is 263 g/mol. The van der Waals surface area contributed by atoms with Gasteiger partial charge in [0.1, 0.15) is 10.7 Å². The van der Waals surface area contributed by atoms with Gasteiger partial charge in [0.25, 0.3) is 5.91 Å². The molecule has 0 fully saturated rings. The molecule has 1 aromatic heterocycles. The number of rotatable bonds is 4. The van der Waals surface area contributed by atoms with Gasteiger partial charge in [0.15, 0.2) is 0 Å². The number of nitrogen functional groups attached to an aromatic ring is 1. The van der Waals surface area contributed by atoms with Crippen molar-refractivity contribution in [2.45, 2.75) is 12.8 Å². The molecule has 1 amide bonds. The van der Waals surface area contributed by atoms with Gasteiger partial charge < -0.3 is 11.1 Å². The van der Waals surface area contributed by atoms with Crippen LogP contribution in [0.4, 0.5) is 10.1 Å². The van der Waals surface area contributed by atoms with E-state index in [-0.39, 0.29) is 11.7 Å². The van der Waals surface area contributed by atoms with Gasteiger partial charge in [-0.15, -0.1) is 23.7 Å². The Morgan fingerprint density at radius 2 is 2.32 bits per heavy atom. The maximum atomic E-state index is 13.1. The molecule has 2 rings (SSSR count). The van der Waals surface area contributed by atoms with E-state index in [1.54, 1.807) is 6.07 Å². The van der Waals surface area contributed by atoms with Crippen molar-refractivity contribution in [3.63, 3.8) is 0 Å². The third kappa shape index (κ3) is 2.85. The summed E-state index contributed by atoms with van der Waals surface area (Å²) in [5, 5.41) is 3.33. The number of unbranched alkanes of at least 4 members (excludes halogenated alkanes) is 1. The summed E-state index contributed by atoms with van der Waals surface area (Å²) in [5.41, 5.74) is 6.22. The highest BCUT2D eigenvalue weighted by Crippen LogP contribution is 2.33. The Kier molecular flexibility index (Phi) is 4.03. The van der Waals surface area contributed by atoms with Crippen LogP contribution in [0.25, 0.3) is 10.1 Å². The van der Waals surface area contributed by atoms with Crippen molar-refractivity contribution in [2.24, 2.45) is 0 Å². The van der Waals surface area contributed by atoms with Crippen molar-refractivity contribution in [3.8, 4) is 12.3 Å². The van der Waals surface area contributed by atoms with Crippen molar-refractivity contribution in [1.82, 2.24) is 5.32 Å². The fourth-order valence-electron chi connectivity index (χ4n) is 1.73. The normalized spacial score (nSPS) is 10.3. The third-order valence-electron chi connectivity index (χ3n) is 2.68. The average molecular weight is 276 g/mol. The van der Waals surface area contributed by atoms with E-state index in [0.717, 1.165) is 11.1 Å². The Labute approximate surface area is 114 Å². The first kappa shape index (κ1) is 13.4. The predicted molar refractivity (Wildman–Crippen MR) is 76.6 cm³/mol. The number of anilines is 1. The lowest BCUT2D eigenvalue weighted by molar-refractivity contribution is 0.0958. The second kappa shape index (κ2) is 5.72. The van der Waals surface area contributed by atoms with Crippen LogP contribution in [0.5, 0.6) is 0 Å². The van der Waals surface area contributed by atoms with E-state index in [1.165, 1.54) is 23.5 Å². The molecular formula is C14H13FN2OS. The average Bonchev–Trinajstić information content (AvgIpc) is 2.72. The van der Waals surface area contributed by atoms with E-state index in [2.05, 4.69) is 11.2 Å². The summed E-state index contributed by atoms with van der Waals surface area (Å²) in [6.07, 6.45) is 6.47. The van der Waals surface area contributed by atoms with Crippen LogP contribution in [0, 0.1) is 18.2 Å². The Bertz CT molecular complexity index is 657. The highest BCUT2D eigenvalue weighted by atomic mass is 32.1. The number of carbonyl (C=O) groups excluding carboxylic acids is 1. The molecule has 0 unspecified atom stereocenters. The zero-order valence-corrected chi connectivity index (χ0v) is 11.0. The van der Waals surface area contributed by atoms with Crippen molar-refractivity contribution >= 4 is 33.0 Å². The van der Waals surface area contributed by atoms with Gasteiger partial charge in [-0.05, 0) is 24.6 Å². The molecule has 0 aliphatic carbocycles. The molecule has 0 bridgehead atoms. The zero-order chi connectivity index (χ0) is 13.8.